The van der Waals surface area contributed by atoms with E-state index >= 15 is 0 Å². The second-order valence-electron chi connectivity index (χ2n) is 5.16. The lowest BCUT2D eigenvalue weighted by Gasteiger charge is -1.98. The van der Waals surface area contributed by atoms with Gasteiger partial charge in [-0.15, -0.1) is 10.2 Å². The van der Waals surface area contributed by atoms with Gasteiger partial charge in [-0.2, -0.15) is 0 Å². The molecule has 0 bridgehead atoms. The molecule has 4 aromatic rings. The molecular formula is C17H13N3O4S. The number of hydrogen-bond acceptors (Lipinski definition) is 7. The fourth-order valence-corrected chi connectivity index (χ4v) is 3.21. The number of ether oxygens (including phenoxy) is 1. The molecule has 0 saturated heterocycles. The highest BCUT2D eigenvalue weighted by molar-refractivity contribution is 7.98. The van der Waals surface area contributed by atoms with Crippen molar-refractivity contribution < 1.29 is 18.4 Å². The number of carbonyl (C=O) groups is 1. The summed E-state index contributed by atoms with van der Waals surface area (Å²) in [4.78, 5) is 14.8. The van der Waals surface area contributed by atoms with Crippen molar-refractivity contribution in [3.05, 3.63) is 54.1 Å². The Bertz CT molecular complexity index is 1030. The number of carbonyl (C=O) groups excluding carboxylic acids is 1. The van der Waals surface area contributed by atoms with Gasteiger partial charge in [-0.3, -0.25) is 0 Å². The van der Waals surface area contributed by atoms with Crippen LogP contribution in [0.15, 0.2) is 56.8 Å². The van der Waals surface area contributed by atoms with Gasteiger partial charge in [-0.25, -0.2) is 4.79 Å². The van der Waals surface area contributed by atoms with E-state index in [0.29, 0.717) is 28.2 Å². The summed E-state index contributed by atoms with van der Waals surface area (Å²) in [5.74, 6) is 0.887. The predicted molar refractivity (Wildman–Crippen MR) is 91.2 cm³/mol. The van der Waals surface area contributed by atoms with E-state index < -0.39 is 5.97 Å². The van der Waals surface area contributed by atoms with Crippen molar-refractivity contribution in [3.63, 3.8) is 0 Å². The fraction of sp³-hybridized carbons (Fsp3) is 0.118. The summed E-state index contributed by atoms with van der Waals surface area (Å²) in [6.07, 6.45) is 3.29. The predicted octanol–water partition coefficient (Wildman–Crippen LogP) is 3.89. The average molecular weight is 355 g/mol. The van der Waals surface area contributed by atoms with Crippen molar-refractivity contribution in [2.75, 3.05) is 7.11 Å². The molecule has 0 atom stereocenters. The van der Waals surface area contributed by atoms with Crippen LogP contribution < -0.4 is 0 Å². The molecule has 3 heterocycles. The molecule has 0 aliphatic heterocycles. The van der Waals surface area contributed by atoms with Gasteiger partial charge in [0.25, 0.3) is 11.1 Å². The monoisotopic (exact) mass is 355 g/mol. The highest BCUT2D eigenvalue weighted by Gasteiger charge is 2.18. The number of aromatic amines is 1. The van der Waals surface area contributed by atoms with Crippen LogP contribution in [0.1, 0.15) is 16.1 Å². The summed E-state index contributed by atoms with van der Waals surface area (Å²) in [7, 11) is 1.33. The Morgan fingerprint density at radius 3 is 3.04 bits per heavy atom. The number of thioether (sulfide) groups is 1. The topological polar surface area (TPSA) is 94.1 Å². The van der Waals surface area contributed by atoms with E-state index in [1.807, 2.05) is 30.5 Å². The molecule has 0 unspecified atom stereocenters. The van der Waals surface area contributed by atoms with Gasteiger partial charge in [-0.1, -0.05) is 30.0 Å². The third kappa shape index (κ3) is 2.91. The molecule has 0 saturated carbocycles. The van der Waals surface area contributed by atoms with E-state index in [1.165, 1.54) is 25.1 Å². The molecule has 0 radical (unpaired) electrons. The van der Waals surface area contributed by atoms with Crippen LogP contribution >= 0.6 is 11.8 Å². The molecule has 0 spiro atoms. The SMILES string of the molecule is COC(=O)c1ccoc1CSc1nnc(-c2c[nH]c3ccccc23)o1. The average Bonchev–Trinajstić information content (AvgIpc) is 3.37. The summed E-state index contributed by atoms with van der Waals surface area (Å²) >= 11 is 1.29. The number of para-hydroxylation sites is 1. The normalized spacial score (nSPS) is 11.1. The molecule has 1 aromatic carbocycles. The Balaban J connectivity index is 1.53. The number of esters is 1. The van der Waals surface area contributed by atoms with Crippen LogP contribution in [0.4, 0.5) is 0 Å². The van der Waals surface area contributed by atoms with Crippen molar-refractivity contribution in [1.29, 1.82) is 0 Å². The third-order valence-electron chi connectivity index (χ3n) is 3.70. The van der Waals surface area contributed by atoms with Crippen molar-refractivity contribution in [2.45, 2.75) is 11.0 Å². The van der Waals surface area contributed by atoms with Crippen molar-refractivity contribution >= 4 is 28.6 Å². The van der Waals surface area contributed by atoms with E-state index in [0.717, 1.165) is 16.5 Å². The molecule has 7 nitrogen and oxygen atoms in total. The first-order chi connectivity index (χ1) is 12.3. The number of nitrogens with one attached hydrogen (secondary N) is 1. The Kier molecular flexibility index (Phi) is 4.02. The van der Waals surface area contributed by atoms with Crippen LogP contribution in [-0.2, 0) is 10.5 Å². The minimum Gasteiger partial charge on any atom is -0.468 e. The summed E-state index contributed by atoms with van der Waals surface area (Å²) in [6, 6.07) is 9.46. The minimum absolute atomic E-state index is 0.382. The van der Waals surface area contributed by atoms with E-state index in [-0.39, 0.29) is 0 Å². The van der Waals surface area contributed by atoms with Gasteiger partial charge in [0.05, 0.1) is 24.7 Å². The first kappa shape index (κ1) is 15.5. The van der Waals surface area contributed by atoms with Crippen LogP contribution in [0.5, 0.6) is 0 Å². The van der Waals surface area contributed by atoms with E-state index in [2.05, 4.69) is 15.2 Å². The number of fused-ring (bicyclic) bond motifs is 1. The Morgan fingerprint density at radius 2 is 2.16 bits per heavy atom. The number of nitrogens with zero attached hydrogens (tertiary/aromatic N) is 2. The van der Waals surface area contributed by atoms with Gasteiger partial charge in [0, 0.05) is 17.1 Å². The Hall–Kier alpha value is -3.00. The number of H-pyrrole nitrogens is 1. The lowest BCUT2D eigenvalue weighted by atomic mass is 10.2. The maximum Gasteiger partial charge on any atom is 0.341 e. The smallest absolute Gasteiger partial charge is 0.341 e. The maximum atomic E-state index is 11.6. The molecule has 0 fully saturated rings. The molecule has 25 heavy (non-hydrogen) atoms. The van der Waals surface area contributed by atoms with Crippen LogP contribution in [0.3, 0.4) is 0 Å². The number of methoxy groups -OCH3 is 1. The van der Waals surface area contributed by atoms with Gasteiger partial charge < -0.3 is 18.6 Å². The number of aromatic nitrogens is 3. The molecule has 3 aromatic heterocycles. The molecule has 0 aliphatic rings. The second kappa shape index (κ2) is 6.48. The van der Waals surface area contributed by atoms with Crippen molar-refractivity contribution in [1.82, 2.24) is 15.2 Å². The molecule has 4 rings (SSSR count). The van der Waals surface area contributed by atoms with Crippen molar-refractivity contribution in [2.24, 2.45) is 0 Å². The Labute approximate surface area is 146 Å². The Morgan fingerprint density at radius 1 is 1.28 bits per heavy atom. The van der Waals surface area contributed by atoms with E-state index in [4.69, 9.17) is 13.6 Å². The van der Waals surface area contributed by atoms with Crippen LogP contribution in [0, 0.1) is 0 Å². The largest absolute Gasteiger partial charge is 0.468 e. The summed E-state index contributed by atoms with van der Waals surface area (Å²) in [6.45, 7) is 0. The van der Waals surface area contributed by atoms with Gasteiger partial charge >= 0.3 is 5.97 Å². The summed E-state index contributed by atoms with van der Waals surface area (Å²) in [5, 5.41) is 9.56. The summed E-state index contributed by atoms with van der Waals surface area (Å²) in [5.41, 5.74) is 2.25. The van der Waals surface area contributed by atoms with E-state index in [1.54, 1.807) is 6.07 Å². The van der Waals surface area contributed by atoms with Crippen LogP contribution in [-0.4, -0.2) is 28.3 Å². The second-order valence-corrected chi connectivity index (χ2v) is 6.09. The van der Waals surface area contributed by atoms with Gasteiger partial charge in [0.15, 0.2) is 0 Å². The van der Waals surface area contributed by atoms with E-state index in [9.17, 15) is 4.79 Å². The lowest BCUT2D eigenvalue weighted by Crippen LogP contribution is -2.02. The molecule has 1 N–H and O–H groups in total. The number of rotatable bonds is 5. The van der Waals surface area contributed by atoms with Gasteiger partial charge in [0.2, 0.25) is 0 Å². The fourth-order valence-electron chi connectivity index (χ4n) is 2.50. The number of furan rings is 1. The molecule has 8 heteroatoms. The van der Waals surface area contributed by atoms with Crippen LogP contribution in [0.2, 0.25) is 0 Å². The minimum atomic E-state index is -0.436. The lowest BCUT2D eigenvalue weighted by molar-refractivity contribution is 0.0598. The molecular weight excluding hydrogens is 342 g/mol. The molecule has 126 valence electrons. The first-order valence-electron chi connectivity index (χ1n) is 7.43. The zero-order valence-electron chi connectivity index (χ0n) is 13.2. The number of benzene rings is 1. The number of hydrogen-bond donors (Lipinski definition) is 1. The van der Waals surface area contributed by atoms with Crippen LogP contribution in [0.25, 0.3) is 22.4 Å². The van der Waals surface area contributed by atoms with Gasteiger partial charge in [0.1, 0.15) is 11.3 Å². The zero-order valence-corrected chi connectivity index (χ0v) is 14.0. The molecule has 0 amide bonds. The first-order valence-corrected chi connectivity index (χ1v) is 8.42. The maximum absolute atomic E-state index is 11.6. The standard InChI is InChI=1S/C17H13N3O4S/c1-22-16(21)11-6-7-23-14(11)9-25-17-20-19-15(24-17)12-8-18-13-5-3-2-4-10(12)13/h2-8,18H,9H2,1H3. The third-order valence-corrected chi connectivity index (χ3v) is 4.52. The zero-order chi connectivity index (χ0) is 17.2. The highest BCUT2D eigenvalue weighted by Crippen LogP contribution is 2.31. The quantitative estimate of drug-likeness (QED) is 0.429. The van der Waals surface area contributed by atoms with Gasteiger partial charge in [-0.05, 0) is 12.1 Å². The van der Waals surface area contributed by atoms with Crippen molar-refractivity contribution in [3.8, 4) is 11.5 Å². The highest BCUT2D eigenvalue weighted by atomic mass is 32.2. The molecule has 0 aliphatic carbocycles. The summed E-state index contributed by atoms with van der Waals surface area (Å²) < 4.78 is 15.8.